The Bertz CT molecular complexity index is 299. The van der Waals surface area contributed by atoms with Gasteiger partial charge < -0.3 is 10.5 Å². The molecule has 4 saturated carbocycles. The zero-order valence-corrected chi connectivity index (χ0v) is 12.2. The fraction of sp³-hybridized carbons (Fsp3) is 1.00. The van der Waals surface area contributed by atoms with Crippen LogP contribution in [-0.2, 0) is 4.74 Å². The lowest BCUT2D eigenvalue weighted by molar-refractivity contribution is -0.109. The van der Waals surface area contributed by atoms with E-state index in [2.05, 4.69) is 0 Å². The molecule has 4 bridgehead atoms. The van der Waals surface area contributed by atoms with E-state index in [1.807, 2.05) is 0 Å². The number of nitrogens with two attached hydrogens (primary N) is 1. The monoisotopic (exact) mass is 263 g/mol. The van der Waals surface area contributed by atoms with E-state index >= 15 is 0 Å². The largest absolute Gasteiger partial charge is 0.381 e. The second-order valence-corrected chi connectivity index (χ2v) is 8.07. The molecule has 2 heteroatoms. The maximum atomic E-state index is 6.28. The van der Waals surface area contributed by atoms with Gasteiger partial charge in [-0.25, -0.2) is 0 Å². The smallest absolute Gasteiger partial charge is 0.0468 e. The van der Waals surface area contributed by atoms with Gasteiger partial charge in [-0.1, -0.05) is 0 Å². The second kappa shape index (κ2) is 4.73. The molecule has 1 aliphatic heterocycles. The molecule has 4 aliphatic carbocycles. The van der Waals surface area contributed by atoms with Gasteiger partial charge in [-0.2, -0.15) is 0 Å². The van der Waals surface area contributed by atoms with E-state index in [0.29, 0.717) is 5.41 Å². The third-order valence-corrected chi connectivity index (χ3v) is 6.96. The van der Waals surface area contributed by atoms with Gasteiger partial charge >= 0.3 is 0 Å². The van der Waals surface area contributed by atoms with Crippen LogP contribution in [0.15, 0.2) is 0 Å². The van der Waals surface area contributed by atoms with Crippen LogP contribution in [-0.4, -0.2) is 19.8 Å². The summed E-state index contributed by atoms with van der Waals surface area (Å²) in [5, 5.41) is 0. The number of ether oxygens (including phenoxy) is 1. The van der Waals surface area contributed by atoms with Crippen molar-refractivity contribution in [2.24, 2.45) is 40.7 Å². The Morgan fingerprint density at radius 3 is 1.95 bits per heavy atom. The second-order valence-electron chi connectivity index (χ2n) is 8.07. The van der Waals surface area contributed by atoms with Crippen molar-refractivity contribution in [1.29, 1.82) is 0 Å². The van der Waals surface area contributed by atoms with Crippen molar-refractivity contribution in [2.75, 3.05) is 19.8 Å². The van der Waals surface area contributed by atoms with Gasteiger partial charge in [-0.05, 0) is 92.9 Å². The zero-order valence-electron chi connectivity index (χ0n) is 12.2. The molecule has 5 fully saturated rings. The van der Waals surface area contributed by atoms with Crippen LogP contribution in [0.25, 0.3) is 0 Å². The summed E-state index contributed by atoms with van der Waals surface area (Å²) >= 11 is 0. The van der Waals surface area contributed by atoms with E-state index in [1.165, 1.54) is 32.1 Å². The molecular weight excluding hydrogens is 234 g/mol. The summed E-state index contributed by atoms with van der Waals surface area (Å²) in [5.74, 6) is 4.82. The molecule has 1 unspecified atom stereocenters. The number of rotatable bonds is 3. The summed E-state index contributed by atoms with van der Waals surface area (Å²) in [5.41, 5.74) is 6.93. The summed E-state index contributed by atoms with van der Waals surface area (Å²) in [7, 11) is 0. The Labute approximate surface area is 117 Å². The third kappa shape index (κ3) is 2.06. The molecule has 0 spiro atoms. The first-order chi connectivity index (χ1) is 9.29. The van der Waals surface area contributed by atoms with Gasteiger partial charge in [0.15, 0.2) is 0 Å². The van der Waals surface area contributed by atoms with Gasteiger partial charge in [0, 0.05) is 13.2 Å². The lowest BCUT2D eigenvalue weighted by atomic mass is 9.45. The summed E-state index contributed by atoms with van der Waals surface area (Å²) in [6.45, 7) is 2.89. The van der Waals surface area contributed by atoms with Gasteiger partial charge in [0.2, 0.25) is 0 Å². The molecule has 0 amide bonds. The molecule has 0 aromatic heterocycles. The molecule has 0 aromatic rings. The van der Waals surface area contributed by atoms with Crippen molar-refractivity contribution in [1.82, 2.24) is 0 Å². The molecule has 2 nitrogen and oxygen atoms in total. The van der Waals surface area contributed by atoms with Gasteiger partial charge in [0.25, 0.3) is 0 Å². The third-order valence-electron chi connectivity index (χ3n) is 6.96. The van der Waals surface area contributed by atoms with Crippen LogP contribution >= 0.6 is 0 Å². The molecule has 0 aromatic carbocycles. The Morgan fingerprint density at radius 2 is 1.47 bits per heavy atom. The van der Waals surface area contributed by atoms with E-state index in [4.69, 9.17) is 10.5 Å². The predicted molar refractivity (Wildman–Crippen MR) is 76.7 cm³/mol. The van der Waals surface area contributed by atoms with Crippen molar-refractivity contribution in [3.8, 4) is 0 Å². The van der Waals surface area contributed by atoms with Crippen LogP contribution in [0.5, 0.6) is 0 Å². The van der Waals surface area contributed by atoms with Crippen LogP contribution in [0, 0.1) is 35.0 Å². The molecule has 19 heavy (non-hydrogen) atoms. The van der Waals surface area contributed by atoms with E-state index in [1.54, 1.807) is 19.3 Å². The predicted octanol–water partition coefficient (Wildman–Crippen LogP) is 3.20. The molecule has 5 rings (SSSR count). The minimum Gasteiger partial charge on any atom is -0.381 e. The van der Waals surface area contributed by atoms with Crippen molar-refractivity contribution in [3.05, 3.63) is 0 Å². The zero-order chi connectivity index (χ0) is 12.9. The maximum Gasteiger partial charge on any atom is 0.0468 e. The van der Waals surface area contributed by atoms with Gasteiger partial charge in [0.05, 0.1) is 0 Å². The van der Waals surface area contributed by atoms with Crippen LogP contribution in [0.4, 0.5) is 0 Å². The van der Waals surface area contributed by atoms with E-state index in [9.17, 15) is 0 Å². The van der Waals surface area contributed by atoms with Crippen molar-refractivity contribution >= 4 is 0 Å². The topological polar surface area (TPSA) is 35.2 Å². The quantitative estimate of drug-likeness (QED) is 0.848. The maximum absolute atomic E-state index is 6.28. The first-order valence-electron chi connectivity index (χ1n) is 8.57. The Balaban J connectivity index is 1.58. The number of hydrogen-bond donors (Lipinski definition) is 1. The molecule has 1 atom stereocenters. The standard InChI is InChI=1S/C17H29NO/c18-11-16(15-1-3-19-4-2-15)17-8-12-5-13(9-17)7-14(6-12)10-17/h12-16H,1-11,18H2. The fourth-order valence-corrected chi connectivity index (χ4v) is 6.69. The SMILES string of the molecule is NCC(C1CCOCC1)C12CC3CC(CC(C3)C1)C2. The highest BCUT2D eigenvalue weighted by molar-refractivity contribution is 5.05. The Kier molecular flexibility index (Phi) is 3.15. The molecule has 108 valence electrons. The minimum absolute atomic E-state index is 0.644. The molecule has 1 heterocycles. The fourth-order valence-electron chi connectivity index (χ4n) is 6.69. The minimum atomic E-state index is 0.644. The molecule has 2 N–H and O–H groups in total. The van der Waals surface area contributed by atoms with Crippen molar-refractivity contribution < 1.29 is 4.74 Å². The van der Waals surface area contributed by atoms with E-state index < -0.39 is 0 Å². The summed E-state index contributed by atoms with van der Waals surface area (Å²) in [4.78, 5) is 0. The van der Waals surface area contributed by atoms with Gasteiger partial charge in [-0.3, -0.25) is 0 Å². The van der Waals surface area contributed by atoms with Crippen LogP contribution in [0.3, 0.4) is 0 Å². The summed E-state index contributed by atoms with van der Waals surface area (Å²) in [6.07, 6.45) is 11.7. The lowest BCUT2D eigenvalue weighted by Crippen LogP contribution is -2.53. The average Bonchev–Trinajstić information content (AvgIpc) is 2.38. The highest BCUT2D eigenvalue weighted by atomic mass is 16.5. The first kappa shape index (κ1) is 12.6. The summed E-state index contributed by atoms with van der Waals surface area (Å²) < 4.78 is 5.57. The van der Waals surface area contributed by atoms with E-state index in [-0.39, 0.29) is 0 Å². The van der Waals surface area contributed by atoms with Crippen molar-refractivity contribution in [2.45, 2.75) is 51.4 Å². The van der Waals surface area contributed by atoms with Crippen LogP contribution in [0.2, 0.25) is 0 Å². The molecule has 1 saturated heterocycles. The first-order valence-corrected chi connectivity index (χ1v) is 8.57. The van der Waals surface area contributed by atoms with Gasteiger partial charge in [-0.15, -0.1) is 0 Å². The highest BCUT2D eigenvalue weighted by Crippen LogP contribution is 2.64. The van der Waals surface area contributed by atoms with Crippen molar-refractivity contribution in [3.63, 3.8) is 0 Å². The average molecular weight is 263 g/mol. The molecule has 0 radical (unpaired) electrons. The van der Waals surface area contributed by atoms with Crippen LogP contribution in [0.1, 0.15) is 51.4 Å². The number of hydrogen-bond acceptors (Lipinski definition) is 2. The molecular formula is C17H29NO. The normalized spacial score (nSPS) is 47.5. The molecule has 5 aliphatic rings. The van der Waals surface area contributed by atoms with Gasteiger partial charge in [0.1, 0.15) is 0 Å². The Hall–Kier alpha value is -0.0800. The van der Waals surface area contributed by atoms with E-state index in [0.717, 1.165) is 49.3 Å². The van der Waals surface area contributed by atoms with Crippen LogP contribution < -0.4 is 5.73 Å². The summed E-state index contributed by atoms with van der Waals surface area (Å²) in [6, 6.07) is 0. The highest BCUT2D eigenvalue weighted by Gasteiger charge is 2.54. The Morgan fingerprint density at radius 1 is 0.947 bits per heavy atom. The lowest BCUT2D eigenvalue weighted by Gasteiger charge is -2.61.